The fourth-order valence-corrected chi connectivity index (χ4v) is 11.8. The van der Waals surface area contributed by atoms with Crippen molar-refractivity contribution in [2.75, 3.05) is 6.61 Å². The molecule has 5 aliphatic rings. The largest absolute Gasteiger partial charge is 0.481 e. The van der Waals surface area contributed by atoms with Gasteiger partial charge in [-0.25, -0.2) is 9.59 Å². The standard InChI is InChI=1S/C36H56O13/c1-31(2)11-13-36(30(47)48)14-12-34(5)17(21(36)26(31)43)7-8-20-32(3)15-18(38)27(33(4,16-37)19(32)9-10-35(20,34)6)49-29(46)25(42)23(40)22(39)24(41)28(44)45/h7,18-27,37-43H,8-16H2,1-6H3,(H,44,45)(H,47,48)/t18-,19?,20?,21?,22+,23+,24+,25-,26+,27+,32?,33-,34-,35?,36?/m1/s1. The first kappa shape index (κ1) is 38.1. The zero-order chi connectivity index (χ0) is 36.9. The summed E-state index contributed by atoms with van der Waals surface area (Å²) in [7, 11) is 0. The summed E-state index contributed by atoms with van der Waals surface area (Å²) in [6.07, 6.45) is -6.90. The molecule has 4 fully saturated rings. The quantitative estimate of drug-likeness (QED) is 0.128. The first-order chi connectivity index (χ1) is 22.5. The molecule has 13 nitrogen and oxygen atoms in total. The first-order valence-corrected chi connectivity index (χ1v) is 17.6. The zero-order valence-electron chi connectivity index (χ0n) is 29.4. The fraction of sp³-hybridized carbons (Fsp3) is 0.861. The molecule has 4 saturated carbocycles. The van der Waals surface area contributed by atoms with Crippen molar-refractivity contribution >= 4 is 17.9 Å². The number of allylic oxidation sites excluding steroid dienone is 1. The van der Waals surface area contributed by atoms with E-state index in [9.17, 15) is 55.2 Å². The highest BCUT2D eigenvalue weighted by molar-refractivity contribution is 5.77. The molecule has 0 aromatic heterocycles. The van der Waals surface area contributed by atoms with E-state index in [4.69, 9.17) is 9.84 Å². The van der Waals surface area contributed by atoms with E-state index in [0.29, 0.717) is 44.9 Å². The van der Waals surface area contributed by atoms with E-state index >= 15 is 0 Å². The minimum absolute atomic E-state index is 0.0317. The van der Waals surface area contributed by atoms with Crippen LogP contribution < -0.4 is 0 Å². The Hall–Kier alpha value is -2.13. The molecule has 49 heavy (non-hydrogen) atoms. The number of aliphatic hydroxyl groups excluding tert-OH is 7. The third kappa shape index (κ3) is 5.23. The molecule has 278 valence electrons. The van der Waals surface area contributed by atoms with Gasteiger partial charge in [-0.3, -0.25) is 4.79 Å². The molecule has 0 aliphatic heterocycles. The lowest BCUT2D eigenvalue weighted by Crippen LogP contribution is -2.69. The second-order valence-corrected chi connectivity index (χ2v) is 17.7. The number of carboxylic acids is 2. The second kappa shape index (κ2) is 12.2. The van der Waals surface area contributed by atoms with Crippen molar-refractivity contribution in [1.29, 1.82) is 0 Å². The number of hydrogen-bond acceptors (Lipinski definition) is 11. The lowest BCUT2D eigenvalue weighted by atomic mass is 9.33. The highest BCUT2D eigenvalue weighted by Crippen LogP contribution is 2.76. The van der Waals surface area contributed by atoms with Crippen LogP contribution >= 0.6 is 0 Å². The van der Waals surface area contributed by atoms with Gasteiger partial charge in [-0.1, -0.05) is 53.2 Å². The number of fused-ring (bicyclic) bond motifs is 7. The van der Waals surface area contributed by atoms with Gasteiger partial charge < -0.3 is 50.7 Å². The lowest BCUT2D eigenvalue weighted by molar-refractivity contribution is -0.255. The molecule has 0 amide bonds. The number of aliphatic hydroxyl groups is 7. The molecule has 0 aromatic rings. The normalized spacial score (nSPS) is 46.7. The first-order valence-electron chi connectivity index (χ1n) is 17.6. The van der Waals surface area contributed by atoms with Crippen molar-refractivity contribution in [3.05, 3.63) is 11.6 Å². The van der Waals surface area contributed by atoms with Crippen molar-refractivity contribution in [3.8, 4) is 0 Å². The molecule has 0 radical (unpaired) electrons. The maximum atomic E-state index is 13.0. The Morgan fingerprint density at radius 2 is 1.45 bits per heavy atom. The topological polar surface area (TPSA) is 243 Å². The summed E-state index contributed by atoms with van der Waals surface area (Å²) in [4.78, 5) is 37.0. The van der Waals surface area contributed by atoms with Crippen molar-refractivity contribution in [2.24, 2.45) is 50.2 Å². The number of aliphatic carboxylic acids is 2. The number of ether oxygens (including phenoxy) is 1. The Bertz CT molecular complexity index is 1380. The van der Waals surface area contributed by atoms with Crippen LogP contribution in [-0.2, 0) is 19.1 Å². The van der Waals surface area contributed by atoms with E-state index in [1.165, 1.54) is 0 Å². The molecule has 13 heteroatoms. The second-order valence-electron chi connectivity index (χ2n) is 17.7. The minimum Gasteiger partial charge on any atom is -0.481 e. The molecule has 5 rings (SSSR count). The minimum atomic E-state index is -2.48. The molecule has 5 aliphatic carbocycles. The van der Waals surface area contributed by atoms with Gasteiger partial charge in [0.25, 0.3) is 0 Å². The SMILES string of the molecule is CC12C[C@@H](O)[C@H](OC(=O)[C@H](O)[C@@H](O)[C@H](O)[C@H](O)C(=O)O)[C@](C)(CO)C1CCC1(C)C2CC=C2C3[C@H](O)C(C)(C)CCC3(C(=O)O)CC[C@]21C. The summed E-state index contributed by atoms with van der Waals surface area (Å²) in [5, 5.41) is 94.2. The van der Waals surface area contributed by atoms with Crippen molar-refractivity contribution in [3.63, 3.8) is 0 Å². The number of hydrogen-bond donors (Lipinski definition) is 9. The monoisotopic (exact) mass is 696 g/mol. The van der Waals surface area contributed by atoms with Gasteiger partial charge in [-0.15, -0.1) is 0 Å². The van der Waals surface area contributed by atoms with E-state index < -0.39 is 100 Å². The van der Waals surface area contributed by atoms with Gasteiger partial charge in [0.05, 0.1) is 24.2 Å². The number of rotatable bonds is 8. The maximum absolute atomic E-state index is 13.0. The molecule has 0 saturated heterocycles. The third-order valence-electron chi connectivity index (χ3n) is 15.1. The zero-order valence-corrected chi connectivity index (χ0v) is 29.4. The number of carbonyl (C=O) groups is 3. The van der Waals surface area contributed by atoms with Gasteiger partial charge in [-0.2, -0.15) is 0 Å². The van der Waals surface area contributed by atoms with Gasteiger partial charge in [0, 0.05) is 11.3 Å². The van der Waals surface area contributed by atoms with Gasteiger partial charge in [0.1, 0.15) is 18.3 Å². The van der Waals surface area contributed by atoms with E-state index in [2.05, 4.69) is 26.8 Å². The van der Waals surface area contributed by atoms with E-state index in [1.807, 2.05) is 13.8 Å². The van der Waals surface area contributed by atoms with Crippen LogP contribution in [0.3, 0.4) is 0 Å². The average Bonchev–Trinajstić information content (AvgIpc) is 3.03. The highest BCUT2D eigenvalue weighted by Gasteiger charge is 2.72. The summed E-state index contributed by atoms with van der Waals surface area (Å²) < 4.78 is 5.57. The van der Waals surface area contributed by atoms with Crippen LogP contribution in [-0.4, -0.2) is 113 Å². The van der Waals surface area contributed by atoms with E-state index in [1.54, 1.807) is 6.92 Å². The van der Waals surface area contributed by atoms with Gasteiger partial charge in [-0.05, 0) is 84.9 Å². The summed E-state index contributed by atoms with van der Waals surface area (Å²) in [6, 6.07) is 0. The molecule has 15 atom stereocenters. The van der Waals surface area contributed by atoms with Gasteiger partial charge >= 0.3 is 17.9 Å². The predicted octanol–water partition coefficient (Wildman–Crippen LogP) is 1.23. The third-order valence-corrected chi connectivity index (χ3v) is 15.1. The number of esters is 1. The summed E-state index contributed by atoms with van der Waals surface area (Å²) in [5.41, 5.74) is -3.11. The number of carboxylic acid groups (broad SMARTS) is 2. The average molecular weight is 697 g/mol. The summed E-state index contributed by atoms with van der Waals surface area (Å²) in [5.74, 6) is -5.04. The van der Waals surface area contributed by atoms with Crippen LogP contribution in [0.15, 0.2) is 11.6 Å². The van der Waals surface area contributed by atoms with Crippen LogP contribution in [0.25, 0.3) is 0 Å². The molecule has 0 heterocycles. The Labute approximate surface area is 287 Å². The van der Waals surface area contributed by atoms with Crippen LogP contribution in [0.2, 0.25) is 0 Å². The Kier molecular flexibility index (Phi) is 9.52. The Morgan fingerprint density at radius 1 is 0.857 bits per heavy atom. The van der Waals surface area contributed by atoms with E-state index in [-0.39, 0.29) is 23.7 Å². The predicted molar refractivity (Wildman–Crippen MR) is 172 cm³/mol. The maximum Gasteiger partial charge on any atom is 0.338 e. The molecule has 0 spiro atoms. The lowest BCUT2D eigenvalue weighted by Gasteiger charge is -2.71. The molecule has 6 unspecified atom stereocenters. The van der Waals surface area contributed by atoms with Crippen LogP contribution in [0.4, 0.5) is 0 Å². The highest BCUT2D eigenvalue weighted by atomic mass is 16.6. The Morgan fingerprint density at radius 3 is 2.02 bits per heavy atom. The van der Waals surface area contributed by atoms with Crippen LogP contribution in [0.1, 0.15) is 92.9 Å². The van der Waals surface area contributed by atoms with Crippen LogP contribution in [0, 0.1) is 50.2 Å². The van der Waals surface area contributed by atoms with Crippen molar-refractivity contribution in [2.45, 2.75) is 136 Å². The summed E-state index contributed by atoms with van der Waals surface area (Å²) >= 11 is 0. The Balaban J connectivity index is 1.47. The molecular formula is C36H56O13. The smallest absolute Gasteiger partial charge is 0.338 e. The molecule has 9 N–H and O–H groups in total. The van der Waals surface area contributed by atoms with Crippen molar-refractivity contribution < 1.29 is 65.1 Å². The summed E-state index contributed by atoms with van der Waals surface area (Å²) in [6.45, 7) is 11.7. The van der Waals surface area contributed by atoms with Gasteiger partial charge in [0.15, 0.2) is 12.2 Å². The molecule has 0 bridgehead atoms. The van der Waals surface area contributed by atoms with Gasteiger partial charge in [0.2, 0.25) is 0 Å². The number of carbonyl (C=O) groups excluding carboxylic acids is 1. The molecular weight excluding hydrogens is 640 g/mol. The van der Waals surface area contributed by atoms with Crippen LogP contribution in [0.5, 0.6) is 0 Å². The molecule has 0 aromatic carbocycles. The fourth-order valence-electron chi connectivity index (χ4n) is 11.8. The van der Waals surface area contributed by atoms with E-state index in [0.717, 1.165) is 5.57 Å². The van der Waals surface area contributed by atoms with Crippen molar-refractivity contribution in [1.82, 2.24) is 0 Å².